The summed E-state index contributed by atoms with van der Waals surface area (Å²) in [6.45, 7) is 2.39. The van der Waals surface area contributed by atoms with E-state index in [1.165, 1.54) is 0 Å². The lowest BCUT2D eigenvalue weighted by atomic mass is 10.1. The van der Waals surface area contributed by atoms with Crippen LogP contribution in [0.1, 0.15) is 12.0 Å². The molecule has 0 spiro atoms. The summed E-state index contributed by atoms with van der Waals surface area (Å²) in [6, 6.07) is 14.7. The van der Waals surface area contributed by atoms with Gasteiger partial charge >= 0.3 is 0 Å². The molecule has 0 radical (unpaired) electrons. The molecule has 23 heavy (non-hydrogen) atoms. The maximum absolute atomic E-state index is 12.4. The van der Waals surface area contributed by atoms with Crippen LogP contribution in [0.3, 0.4) is 0 Å². The average molecular weight is 329 g/mol. The van der Waals surface area contributed by atoms with E-state index in [4.69, 9.17) is 11.6 Å². The van der Waals surface area contributed by atoms with Crippen molar-refractivity contribution in [2.24, 2.45) is 5.92 Å². The lowest BCUT2D eigenvalue weighted by molar-refractivity contribution is -0.122. The van der Waals surface area contributed by atoms with Gasteiger partial charge in [0, 0.05) is 29.4 Å². The van der Waals surface area contributed by atoms with Crippen molar-refractivity contribution in [1.29, 1.82) is 0 Å². The van der Waals surface area contributed by atoms with Crippen LogP contribution in [-0.4, -0.2) is 18.4 Å². The second-order valence-electron chi connectivity index (χ2n) is 5.74. The Kier molecular flexibility index (Phi) is 4.35. The summed E-state index contributed by atoms with van der Waals surface area (Å²) in [4.78, 5) is 26.3. The Balaban J connectivity index is 1.69. The van der Waals surface area contributed by atoms with Gasteiger partial charge < -0.3 is 10.2 Å². The minimum absolute atomic E-state index is 0.0214. The van der Waals surface area contributed by atoms with E-state index in [-0.39, 0.29) is 24.2 Å². The van der Waals surface area contributed by atoms with Gasteiger partial charge in [-0.25, -0.2) is 0 Å². The van der Waals surface area contributed by atoms with Gasteiger partial charge in [-0.1, -0.05) is 23.7 Å². The first-order chi connectivity index (χ1) is 11.0. The molecule has 1 atom stereocenters. The zero-order valence-electron chi connectivity index (χ0n) is 12.8. The number of amides is 2. The lowest BCUT2D eigenvalue weighted by Gasteiger charge is -2.17. The summed E-state index contributed by atoms with van der Waals surface area (Å²) in [7, 11) is 0. The second kappa shape index (κ2) is 6.42. The summed E-state index contributed by atoms with van der Waals surface area (Å²) in [5.74, 6) is -0.513. The first-order valence-electron chi connectivity index (χ1n) is 7.46. The Morgan fingerprint density at radius 1 is 1.22 bits per heavy atom. The van der Waals surface area contributed by atoms with Crippen LogP contribution in [0.4, 0.5) is 11.4 Å². The molecule has 5 heteroatoms. The van der Waals surface area contributed by atoms with Gasteiger partial charge in [-0.3, -0.25) is 9.59 Å². The maximum atomic E-state index is 12.4. The van der Waals surface area contributed by atoms with E-state index in [2.05, 4.69) is 5.32 Å². The number of halogens is 1. The van der Waals surface area contributed by atoms with Gasteiger partial charge in [0.25, 0.3) is 0 Å². The first-order valence-corrected chi connectivity index (χ1v) is 7.84. The highest BCUT2D eigenvalue weighted by atomic mass is 35.5. The fraction of sp³-hybridized carbons (Fsp3) is 0.222. The van der Waals surface area contributed by atoms with Crippen molar-refractivity contribution < 1.29 is 9.59 Å². The highest BCUT2D eigenvalue weighted by Gasteiger charge is 2.35. The van der Waals surface area contributed by atoms with Crippen LogP contribution in [0.25, 0.3) is 0 Å². The molecule has 0 aromatic heterocycles. The Labute approximate surface area is 140 Å². The average Bonchev–Trinajstić information content (AvgIpc) is 2.92. The number of rotatable bonds is 3. The molecular weight excluding hydrogens is 312 g/mol. The van der Waals surface area contributed by atoms with Gasteiger partial charge in [0.1, 0.15) is 0 Å². The maximum Gasteiger partial charge on any atom is 0.229 e. The number of hydrogen-bond acceptors (Lipinski definition) is 2. The van der Waals surface area contributed by atoms with Crippen LogP contribution in [0.5, 0.6) is 0 Å². The van der Waals surface area contributed by atoms with Crippen LogP contribution in [0.15, 0.2) is 48.5 Å². The molecule has 1 heterocycles. The zero-order chi connectivity index (χ0) is 16.4. The number of nitrogens with one attached hydrogen (secondary N) is 1. The molecule has 2 aromatic carbocycles. The molecule has 1 N–H and O–H groups in total. The Bertz CT molecular complexity index is 743. The van der Waals surface area contributed by atoms with Crippen molar-refractivity contribution in [3.8, 4) is 0 Å². The molecule has 3 rings (SSSR count). The standard InChI is InChI=1S/C18H17ClN2O2/c1-12-3-2-4-16(9-12)21-11-13(10-17(21)22)18(23)20-15-7-5-14(19)6-8-15/h2-9,13H,10-11H2,1H3,(H,20,23)/t13-/m1/s1. The number of benzene rings is 2. The van der Waals surface area contributed by atoms with E-state index < -0.39 is 0 Å². The summed E-state index contributed by atoms with van der Waals surface area (Å²) in [5.41, 5.74) is 2.61. The van der Waals surface area contributed by atoms with Crippen molar-refractivity contribution in [3.63, 3.8) is 0 Å². The van der Waals surface area contributed by atoms with E-state index in [0.717, 1.165) is 11.3 Å². The van der Waals surface area contributed by atoms with Gasteiger partial charge in [0.15, 0.2) is 0 Å². The molecule has 0 bridgehead atoms. The van der Waals surface area contributed by atoms with E-state index in [0.29, 0.717) is 17.3 Å². The molecule has 1 aliphatic rings. The number of nitrogens with zero attached hydrogens (tertiary/aromatic N) is 1. The van der Waals surface area contributed by atoms with Crippen LogP contribution in [0, 0.1) is 12.8 Å². The van der Waals surface area contributed by atoms with Gasteiger partial charge in [-0.05, 0) is 48.9 Å². The Morgan fingerprint density at radius 3 is 2.65 bits per heavy atom. The molecule has 2 aromatic rings. The largest absolute Gasteiger partial charge is 0.326 e. The number of hydrogen-bond donors (Lipinski definition) is 1. The van der Waals surface area contributed by atoms with E-state index in [1.807, 2.05) is 31.2 Å². The minimum atomic E-state index is -0.348. The summed E-state index contributed by atoms with van der Waals surface area (Å²) in [5, 5.41) is 3.45. The number of aryl methyl sites for hydroxylation is 1. The smallest absolute Gasteiger partial charge is 0.229 e. The van der Waals surface area contributed by atoms with Gasteiger partial charge in [-0.15, -0.1) is 0 Å². The molecule has 0 aliphatic carbocycles. The topological polar surface area (TPSA) is 49.4 Å². The van der Waals surface area contributed by atoms with E-state index in [1.54, 1.807) is 29.2 Å². The Morgan fingerprint density at radius 2 is 1.96 bits per heavy atom. The van der Waals surface area contributed by atoms with E-state index >= 15 is 0 Å². The molecule has 1 fully saturated rings. The van der Waals surface area contributed by atoms with Crippen molar-refractivity contribution in [1.82, 2.24) is 0 Å². The monoisotopic (exact) mass is 328 g/mol. The normalized spacial score (nSPS) is 17.4. The predicted molar refractivity (Wildman–Crippen MR) is 91.7 cm³/mol. The Hall–Kier alpha value is -2.33. The SMILES string of the molecule is Cc1cccc(N2C[C@H](C(=O)Nc3ccc(Cl)cc3)CC2=O)c1. The van der Waals surface area contributed by atoms with Gasteiger partial charge in [-0.2, -0.15) is 0 Å². The van der Waals surface area contributed by atoms with Crippen molar-refractivity contribution in [2.75, 3.05) is 16.8 Å². The van der Waals surface area contributed by atoms with E-state index in [9.17, 15) is 9.59 Å². The van der Waals surface area contributed by atoms with Gasteiger partial charge in [0.2, 0.25) is 11.8 Å². The lowest BCUT2D eigenvalue weighted by Crippen LogP contribution is -2.28. The molecule has 1 aliphatic heterocycles. The van der Waals surface area contributed by atoms with Crippen molar-refractivity contribution >= 4 is 34.8 Å². The molecule has 118 valence electrons. The summed E-state index contributed by atoms with van der Waals surface area (Å²) < 4.78 is 0. The molecule has 0 saturated carbocycles. The first kappa shape index (κ1) is 15.6. The quantitative estimate of drug-likeness (QED) is 0.935. The van der Waals surface area contributed by atoms with Crippen LogP contribution < -0.4 is 10.2 Å². The highest BCUT2D eigenvalue weighted by molar-refractivity contribution is 6.30. The van der Waals surface area contributed by atoms with Gasteiger partial charge in [0.05, 0.1) is 5.92 Å². The predicted octanol–water partition coefficient (Wildman–Crippen LogP) is 3.64. The third-order valence-electron chi connectivity index (χ3n) is 3.92. The highest BCUT2D eigenvalue weighted by Crippen LogP contribution is 2.26. The fourth-order valence-corrected chi connectivity index (χ4v) is 2.83. The molecule has 1 saturated heterocycles. The molecule has 4 nitrogen and oxygen atoms in total. The van der Waals surface area contributed by atoms with Crippen LogP contribution in [-0.2, 0) is 9.59 Å². The number of carbonyl (C=O) groups is 2. The molecule has 0 unspecified atom stereocenters. The minimum Gasteiger partial charge on any atom is -0.326 e. The zero-order valence-corrected chi connectivity index (χ0v) is 13.5. The third kappa shape index (κ3) is 3.54. The van der Waals surface area contributed by atoms with Crippen molar-refractivity contribution in [2.45, 2.75) is 13.3 Å². The third-order valence-corrected chi connectivity index (χ3v) is 4.17. The van der Waals surface area contributed by atoms with Crippen LogP contribution in [0.2, 0.25) is 5.02 Å². The van der Waals surface area contributed by atoms with Crippen molar-refractivity contribution in [3.05, 3.63) is 59.1 Å². The number of anilines is 2. The summed E-state index contributed by atoms with van der Waals surface area (Å²) in [6.07, 6.45) is 0.230. The summed E-state index contributed by atoms with van der Waals surface area (Å²) >= 11 is 5.83. The number of carbonyl (C=O) groups excluding carboxylic acids is 2. The molecular formula is C18H17ClN2O2. The molecule has 2 amide bonds. The van der Waals surface area contributed by atoms with Crippen LogP contribution >= 0.6 is 11.6 Å². The second-order valence-corrected chi connectivity index (χ2v) is 6.18. The fourth-order valence-electron chi connectivity index (χ4n) is 2.71.